The lowest BCUT2D eigenvalue weighted by Gasteiger charge is -2.37. The maximum atomic E-state index is 12.8. The zero-order valence-electron chi connectivity index (χ0n) is 14.8. The van der Waals surface area contributed by atoms with E-state index in [0.29, 0.717) is 12.5 Å². The maximum absolute atomic E-state index is 12.8. The van der Waals surface area contributed by atoms with Crippen LogP contribution in [0.15, 0.2) is 24.3 Å². The number of nitrogens with zero attached hydrogens (tertiary/aromatic N) is 1. The van der Waals surface area contributed by atoms with Gasteiger partial charge in [-0.05, 0) is 25.3 Å². The number of carbonyl (C=O) groups excluding carboxylic acids is 1. The summed E-state index contributed by atoms with van der Waals surface area (Å²) in [6.07, 6.45) is 3.91. The van der Waals surface area contributed by atoms with Gasteiger partial charge in [-0.15, -0.1) is 0 Å². The molecule has 0 N–H and O–H groups in total. The first-order valence-corrected chi connectivity index (χ1v) is 9.44. The highest BCUT2D eigenvalue weighted by Crippen LogP contribution is 2.29. The van der Waals surface area contributed by atoms with Gasteiger partial charge >= 0.3 is 0 Å². The molecule has 4 heteroatoms. The molecular weight excluding hydrogens is 306 g/mol. The van der Waals surface area contributed by atoms with Crippen LogP contribution < -0.4 is 4.74 Å². The predicted octanol–water partition coefficient (Wildman–Crippen LogP) is 4.15. The SMILES string of the molecule is COc1ccccc1CC(=O)N1CCCC[C@@H]1CSC(C)(C)C. The first-order valence-electron chi connectivity index (χ1n) is 8.46. The van der Waals surface area contributed by atoms with Crippen LogP contribution in [0.3, 0.4) is 0 Å². The number of carbonyl (C=O) groups is 1. The molecule has 1 aromatic rings. The van der Waals surface area contributed by atoms with Crippen molar-refractivity contribution in [3.05, 3.63) is 29.8 Å². The third-order valence-corrected chi connectivity index (χ3v) is 5.61. The third kappa shape index (κ3) is 5.45. The van der Waals surface area contributed by atoms with Crippen LogP contribution in [0.2, 0.25) is 0 Å². The summed E-state index contributed by atoms with van der Waals surface area (Å²) >= 11 is 1.96. The Morgan fingerprint density at radius 3 is 2.74 bits per heavy atom. The molecule has 0 unspecified atom stereocenters. The molecule has 1 aliphatic heterocycles. The summed E-state index contributed by atoms with van der Waals surface area (Å²) in [6, 6.07) is 8.19. The molecule has 128 valence electrons. The number of methoxy groups -OCH3 is 1. The molecule has 0 bridgehead atoms. The fourth-order valence-corrected chi connectivity index (χ4v) is 4.00. The Morgan fingerprint density at radius 2 is 2.04 bits per heavy atom. The monoisotopic (exact) mass is 335 g/mol. The molecule has 1 saturated heterocycles. The molecule has 1 fully saturated rings. The molecule has 0 radical (unpaired) electrons. The number of rotatable bonds is 5. The van der Waals surface area contributed by atoms with Crippen molar-refractivity contribution in [1.29, 1.82) is 0 Å². The number of hydrogen-bond acceptors (Lipinski definition) is 3. The van der Waals surface area contributed by atoms with Crippen molar-refractivity contribution < 1.29 is 9.53 Å². The quantitative estimate of drug-likeness (QED) is 0.809. The zero-order chi connectivity index (χ0) is 16.9. The van der Waals surface area contributed by atoms with Gasteiger partial charge in [0.1, 0.15) is 5.75 Å². The first-order chi connectivity index (χ1) is 10.9. The molecule has 1 atom stereocenters. The molecule has 3 nitrogen and oxygen atoms in total. The lowest BCUT2D eigenvalue weighted by atomic mass is 10.0. The number of ether oxygens (including phenoxy) is 1. The highest BCUT2D eigenvalue weighted by Gasteiger charge is 2.28. The molecule has 0 aliphatic carbocycles. The lowest BCUT2D eigenvalue weighted by Crippen LogP contribution is -2.46. The van der Waals surface area contributed by atoms with E-state index in [2.05, 4.69) is 25.7 Å². The van der Waals surface area contributed by atoms with Crippen LogP contribution in [0.25, 0.3) is 0 Å². The van der Waals surface area contributed by atoms with Crippen molar-refractivity contribution in [2.24, 2.45) is 0 Å². The summed E-state index contributed by atoms with van der Waals surface area (Å²) in [4.78, 5) is 14.9. The molecule has 0 aromatic heterocycles. The standard InChI is InChI=1S/C19H29NO2S/c1-19(2,3)23-14-16-10-7-8-12-20(16)18(21)13-15-9-5-6-11-17(15)22-4/h5-6,9,11,16H,7-8,10,12-14H2,1-4H3/t16-/m1/s1. The van der Waals surface area contributed by atoms with Gasteiger partial charge in [0.25, 0.3) is 0 Å². The van der Waals surface area contributed by atoms with Crippen molar-refractivity contribution in [2.75, 3.05) is 19.4 Å². The minimum absolute atomic E-state index is 0.230. The first kappa shape index (κ1) is 18.2. The van der Waals surface area contributed by atoms with Gasteiger partial charge in [-0.25, -0.2) is 0 Å². The zero-order valence-corrected chi connectivity index (χ0v) is 15.6. The van der Waals surface area contributed by atoms with E-state index in [1.54, 1.807) is 7.11 Å². The van der Waals surface area contributed by atoms with E-state index in [1.165, 1.54) is 6.42 Å². The van der Waals surface area contributed by atoms with E-state index in [1.807, 2.05) is 36.0 Å². The molecule has 23 heavy (non-hydrogen) atoms. The number of para-hydroxylation sites is 1. The van der Waals surface area contributed by atoms with Gasteiger partial charge in [0.2, 0.25) is 5.91 Å². The van der Waals surface area contributed by atoms with Crippen molar-refractivity contribution in [3.8, 4) is 5.75 Å². The Balaban J connectivity index is 2.03. The highest BCUT2D eigenvalue weighted by molar-refractivity contribution is 8.00. The van der Waals surface area contributed by atoms with E-state index in [4.69, 9.17) is 4.74 Å². The minimum Gasteiger partial charge on any atom is -0.496 e. The van der Waals surface area contributed by atoms with Gasteiger partial charge in [-0.1, -0.05) is 39.0 Å². The second-order valence-corrected chi connectivity index (χ2v) is 9.00. The largest absolute Gasteiger partial charge is 0.496 e. The number of amides is 1. The fraction of sp³-hybridized carbons (Fsp3) is 0.632. The number of likely N-dealkylation sites (tertiary alicyclic amines) is 1. The predicted molar refractivity (Wildman–Crippen MR) is 98.3 cm³/mol. The summed E-state index contributed by atoms with van der Waals surface area (Å²) in [5.74, 6) is 2.06. The van der Waals surface area contributed by atoms with Gasteiger partial charge in [0.05, 0.1) is 13.5 Å². The number of hydrogen-bond donors (Lipinski definition) is 0. The molecular formula is C19H29NO2S. The average molecular weight is 336 g/mol. The number of benzene rings is 1. The van der Waals surface area contributed by atoms with Crippen LogP contribution in [0.4, 0.5) is 0 Å². The summed E-state index contributed by atoms with van der Waals surface area (Å²) in [7, 11) is 1.66. The fourth-order valence-electron chi connectivity index (χ4n) is 2.96. The number of thioether (sulfide) groups is 1. The summed E-state index contributed by atoms with van der Waals surface area (Å²) in [5, 5.41) is 0. The van der Waals surface area contributed by atoms with Crippen LogP contribution >= 0.6 is 11.8 Å². The van der Waals surface area contributed by atoms with Crippen LogP contribution in [0, 0.1) is 0 Å². The van der Waals surface area contributed by atoms with Crippen molar-refractivity contribution >= 4 is 17.7 Å². The smallest absolute Gasteiger partial charge is 0.227 e. The van der Waals surface area contributed by atoms with Gasteiger partial charge < -0.3 is 9.64 Å². The van der Waals surface area contributed by atoms with E-state index in [9.17, 15) is 4.79 Å². The summed E-state index contributed by atoms with van der Waals surface area (Å²) in [5.41, 5.74) is 0.979. The number of piperidine rings is 1. The van der Waals surface area contributed by atoms with Gasteiger partial charge in [-0.2, -0.15) is 11.8 Å². The Bertz CT molecular complexity index is 524. The normalized spacial score (nSPS) is 18.8. The van der Waals surface area contributed by atoms with E-state index < -0.39 is 0 Å². The van der Waals surface area contributed by atoms with E-state index >= 15 is 0 Å². The van der Waals surface area contributed by atoms with Gasteiger partial charge in [-0.3, -0.25) is 4.79 Å². The van der Waals surface area contributed by atoms with Crippen LogP contribution in [-0.4, -0.2) is 41.0 Å². The Hall–Kier alpha value is -1.16. The second kappa shape index (κ2) is 8.09. The topological polar surface area (TPSA) is 29.5 Å². The van der Waals surface area contributed by atoms with E-state index in [-0.39, 0.29) is 10.7 Å². The lowest BCUT2D eigenvalue weighted by molar-refractivity contribution is -0.133. The van der Waals surface area contributed by atoms with Gasteiger partial charge in [0.15, 0.2) is 0 Å². The molecule has 1 amide bonds. The molecule has 2 rings (SSSR count). The highest BCUT2D eigenvalue weighted by atomic mass is 32.2. The van der Waals surface area contributed by atoms with Gasteiger partial charge in [0, 0.05) is 28.6 Å². The third-order valence-electron chi connectivity index (χ3n) is 4.19. The van der Waals surface area contributed by atoms with Crippen molar-refractivity contribution in [2.45, 2.75) is 57.2 Å². The summed E-state index contributed by atoms with van der Waals surface area (Å²) < 4.78 is 5.62. The summed E-state index contributed by atoms with van der Waals surface area (Å²) in [6.45, 7) is 7.60. The van der Waals surface area contributed by atoms with Crippen LogP contribution in [-0.2, 0) is 11.2 Å². The van der Waals surface area contributed by atoms with E-state index in [0.717, 1.165) is 36.5 Å². The van der Waals surface area contributed by atoms with Crippen LogP contribution in [0.5, 0.6) is 5.75 Å². The minimum atomic E-state index is 0.230. The van der Waals surface area contributed by atoms with Crippen LogP contribution in [0.1, 0.15) is 45.6 Å². The average Bonchev–Trinajstić information content (AvgIpc) is 2.53. The molecule has 0 saturated carbocycles. The second-order valence-electron chi connectivity index (χ2n) is 7.15. The molecule has 0 spiro atoms. The Kier molecular flexibility index (Phi) is 6.40. The molecule has 1 aromatic carbocycles. The molecule has 1 aliphatic rings. The molecule has 1 heterocycles. The maximum Gasteiger partial charge on any atom is 0.227 e. The van der Waals surface area contributed by atoms with Crippen molar-refractivity contribution in [1.82, 2.24) is 4.90 Å². The Labute approximate surface area is 144 Å². The Morgan fingerprint density at radius 1 is 1.30 bits per heavy atom. The van der Waals surface area contributed by atoms with Crippen molar-refractivity contribution in [3.63, 3.8) is 0 Å².